The smallest absolute Gasteiger partial charge is 0.338 e. The predicted octanol–water partition coefficient (Wildman–Crippen LogP) is 0.972. The maximum atomic E-state index is 13.3. The number of benzene rings is 2. The molecule has 0 heterocycles. The summed E-state index contributed by atoms with van der Waals surface area (Å²) in [5.74, 6) is -2.59. The molecule has 0 fully saturated rings. The number of carbonyl (C=O) groups is 1. The van der Waals surface area contributed by atoms with Gasteiger partial charge in [-0.25, -0.2) is 31.2 Å². The van der Waals surface area contributed by atoms with E-state index >= 15 is 0 Å². The molecule has 4 N–H and O–H groups in total. The topological polar surface area (TPSA) is 144 Å². The summed E-state index contributed by atoms with van der Waals surface area (Å²) in [6, 6.07) is 6.90. The summed E-state index contributed by atoms with van der Waals surface area (Å²) < 4.78 is 62.4. The number of primary sulfonamides is 1. The van der Waals surface area contributed by atoms with Crippen LogP contribution in [-0.4, -0.2) is 27.9 Å². The lowest BCUT2D eigenvalue weighted by Gasteiger charge is -2.10. The average molecular weight is 374 g/mol. The van der Waals surface area contributed by atoms with Crippen LogP contribution in [0.2, 0.25) is 0 Å². The van der Waals surface area contributed by atoms with Crippen molar-refractivity contribution >= 4 is 31.7 Å². The third-order valence-electron chi connectivity index (χ3n) is 2.89. The van der Waals surface area contributed by atoms with E-state index in [4.69, 9.17) is 10.2 Å². The maximum absolute atomic E-state index is 13.3. The number of nitrogens with two attached hydrogens (primary N) is 1. The van der Waals surface area contributed by atoms with E-state index in [2.05, 4.69) is 0 Å². The summed E-state index contributed by atoms with van der Waals surface area (Å²) >= 11 is 0. The van der Waals surface area contributed by atoms with E-state index in [1.807, 2.05) is 4.72 Å². The first kappa shape index (κ1) is 17.8. The number of aromatic carboxylic acids is 1. The van der Waals surface area contributed by atoms with Crippen molar-refractivity contribution in [2.75, 3.05) is 4.72 Å². The lowest BCUT2D eigenvalue weighted by atomic mass is 10.2. The Morgan fingerprint density at radius 3 is 2.25 bits per heavy atom. The Kier molecular flexibility index (Phi) is 4.60. The number of carboxylic acid groups (broad SMARTS) is 1. The SMILES string of the molecule is NS(=O)(=O)c1cccc(S(=O)(=O)Nc2ccc(F)c(C(=O)O)c2)c1. The first-order chi connectivity index (χ1) is 11.0. The van der Waals surface area contributed by atoms with E-state index in [-0.39, 0.29) is 5.69 Å². The number of hydrogen-bond acceptors (Lipinski definition) is 5. The second-order valence-corrected chi connectivity index (χ2v) is 7.87. The highest BCUT2D eigenvalue weighted by atomic mass is 32.2. The molecular weight excluding hydrogens is 363 g/mol. The van der Waals surface area contributed by atoms with Gasteiger partial charge in [0.05, 0.1) is 15.4 Å². The van der Waals surface area contributed by atoms with Gasteiger partial charge >= 0.3 is 5.97 Å². The van der Waals surface area contributed by atoms with Crippen molar-refractivity contribution in [3.05, 3.63) is 53.8 Å². The lowest BCUT2D eigenvalue weighted by molar-refractivity contribution is 0.0692. The summed E-state index contributed by atoms with van der Waals surface area (Å²) in [7, 11) is -8.34. The molecule has 0 spiro atoms. The molecule has 0 bridgehead atoms. The summed E-state index contributed by atoms with van der Waals surface area (Å²) in [6.45, 7) is 0. The Hall–Kier alpha value is -2.50. The quantitative estimate of drug-likeness (QED) is 0.711. The first-order valence-electron chi connectivity index (χ1n) is 6.19. The molecule has 11 heteroatoms. The average Bonchev–Trinajstić information content (AvgIpc) is 2.48. The van der Waals surface area contributed by atoms with Crippen LogP contribution in [0.1, 0.15) is 10.4 Å². The molecule has 0 amide bonds. The Morgan fingerprint density at radius 1 is 1.04 bits per heavy atom. The van der Waals surface area contributed by atoms with Crippen molar-refractivity contribution < 1.29 is 31.1 Å². The fourth-order valence-electron chi connectivity index (χ4n) is 1.79. The van der Waals surface area contributed by atoms with Crippen molar-refractivity contribution in [3.8, 4) is 0 Å². The molecule has 128 valence electrons. The maximum Gasteiger partial charge on any atom is 0.338 e. The minimum absolute atomic E-state index is 0.199. The van der Waals surface area contributed by atoms with Crippen LogP contribution in [0, 0.1) is 5.82 Å². The van der Waals surface area contributed by atoms with E-state index in [0.29, 0.717) is 0 Å². The normalized spacial score (nSPS) is 11.9. The first-order valence-corrected chi connectivity index (χ1v) is 9.22. The minimum Gasteiger partial charge on any atom is -0.478 e. The molecule has 2 rings (SSSR count). The largest absolute Gasteiger partial charge is 0.478 e. The van der Waals surface area contributed by atoms with Crippen molar-refractivity contribution in [1.29, 1.82) is 0 Å². The zero-order valence-corrected chi connectivity index (χ0v) is 13.4. The summed E-state index contributed by atoms with van der Waals surface area (Å²) in [5.41, 5.74) is -0.914. The summed E-state index contributed by atoms with van der Waals surface area (Å²) in [5, 5.41) is 13.8. The Balaban J connectivity index is 2.43. The van der Waals surface area contributed by atoms with Gasteiger partial charge in [-0.3, -0.25) is 4.72 Å². The molecule has 0 saturated heterocycles. The Morgan fingerprint density at radius 2 is 1.67 bits per heavy atom. The molecule has 0 aliphatic rings. The number of carboxylic acids is 1. The number of sulfonamides is 2. The van der Waals surface area contributed by atoms with Gasteiger partial charge in [0.2, 0.25) is 10.0 Å². The van der Waals surface area contributed by atoms with Crippen LogP contribution in [0.4, 0.5) is 10.1 Å². The fraction of sp³-hybridized carbons (Fsp3) is 0. The summed E-state index contributed by atoms with van der Waals surface area (Å²) in [4.78, 5) is 10.1. The van der Waals surface area contributed by atoms with Crippen molar-refractivity contribution in [3.63, 3.8) is 0 Å². The molecule has 0 aliphatic heterocycles. The Labute approximate surface area is 136 Å². The third kappa shape index (κ3) is 3.88. The second kappa shape index (κ2) is 6.19. The van der Waals surface area contributed by atoms with Crippen LogP contribution < -0.4 is 9.86 Å². The second-order valence-electron chi connectivity index (χ2n) is 4.63. The number of halogens is 1. The molecule has 0 saturated carbocycles. The number of nitrogens with one attached hydrogen (secondary N) is 1. The molecule has 24 heavy (non-hydrogen) atoms. The van der Waals surface area contributed by atoms with Crippen LogP contribution in [0.3, 0.4) is 0 Å². The van der Waals surface area contributed by atoms with Gasteiger partial charge in [0.15, 0.2) is 0 Å². The molecule has 0 aromatic heterocycles. The van der Waals surface area contributed by atoms with E-state index in [1.165, 1.54) is 6.07 Å². The monoisotopic (exact) mass is 374 g/mol. The third-order valence-corrected chi connectivity index (χ3v) is 5.18. The minimum atomic E-state index is -4.24. The molecule has 0 unspecified atom stereocenters. The number of anilines is 1. The van der Waals surface area contributed by atoms with Gasteiger partial charge in [-0.15, -0.1) is 0 Å². The molecule has 2 aromatic carbocycles. The zero-order valence-electron chi connectivity index (χ0n) is 11.8. The highest BCUT2D eigenvalue weighted by Gasteiger charge is 2.19. The van der Waals surface area contributed by atoms with Crippen LogP contribution >= 0.6 is 0 Å². The predicted molar refractivity (Wildman–Crippen MR) is 82.0 cm³/mol. The van der Waals surface area contributed by atoms with Gasteiger partial charge in [0, 0.05) is 5.69 Å². The fourth-order valence-corrected chi connectivity index (χ4v) is 3.51. The molecule has 0 aliphatic carbocycles. The molecule has 0 atom stereocenters. The van der Waals surface area contributed by atoms with Crippen molar-refractivity contribution in [1.82, 2.24) is 0 Å². The number of rotatable bonds is 5. The molecule has 0 radical (unpaired) electrons. The van der Waals surface area contributed by atoms with E-state index in [1.54, 1.807) is 0 Å². The van der Waals surface area contributed by atoms with Crippen LogP contribution in [-0.2, 0) is 20.0 Å². The van der Waals surface area contributed by atoms with Crippen molar-refractivity contribution in [2.24, 2.45) is 5.14 Å². The van der Waals surface area contributed by atoms with Gasteiger partial charge in [0.25, 0.3) is 10.0 Å². The highest BCUT2D eigenvalue weighted by Crippen LogP contribution is 2.21. The van der Waals surface area contributed by atoms with Gasteiger partial charge in [0.1, 0.15) is 5.82 Å². The van der Waals surface area contributed by atoms with Gasteiger partial charge in [-0.05, 0) is 36.4 Å². The van der Waals surface area contributed by atoms with Crippen LogP contribution in [0.15, 0.2) is 52.3 Å². The van der Waals surface area contributed by atoms with Gasteiger partial charge < -0.3 is 5.11 Å². The van der Waals surface area contributed by atoms with Crippen molar-refractivity contribution in [2.45, 2.75) is 9.79 Å². The molecule has 2 aromatic rings. The standard InChI is InChI=1S/C13H11FN2O6S2/c14-12-5-4-8(6-11(12)13(17)18)16-24(21,22)10-3-1-2-9(7-10)23(15,19)20/h1-7,16H,(H,17,18)(H2,15,19,20). The van der Waals surface area contributed by atoms with E-state index in [9.17, 15) is 26.0 Å². The number of hydrogen-bond donors (Lipinski definition) is 3. The van der Waals surface area contributed by atoms with Crippen LogP contribution in [0.25, 0.3) is 0 Å². The Bertz CT molecular complexity index is 1020. The zero-order chi connectivity index (χ0) is 18.1. The van der Waals surface area contributed by atoms with E-state index in [0.717, 1.165) is 36.4 Å². The van der Waals surface area contributed by atoms with Gasteiger partial charge in [-0.2, -0.15) is 0 Å². The van der Waals surface area contributed by atoms with E-state index < -0.39 is 47.2 Å². The van der Waals surface area contributed by atoms with Crippen LogP contribution in [0.5, 0.6) is 0 Å². The van der Waals surface area contributed by atoms with Gasteiger partial charge in [-0.1, -0.05) is 6.07 Å². The highest BCUT2D eigenvalue weighted by molar-refractivity contribution is 7.93. The molecular formula is C13H11FN2O6S2. The lowest BCUT2D eigenvalue weighted by Crippen LogP contribution is -2.16. The molecule has 8 nitrogen and oxygen atoms in total. The summed E-state index contributed by atoms with van der Waals surface area (Å²) in [6.07, 6.45) is 0.